The predicted octanol–water partition coefficient (Wildman–Crippen LogP) is 5.57. The summed E-state index contributed by atoms with van der Waals surface area (Å²) < 4.78 is 1.36. The number of anilines is 2. The molecule has 3 rings (SSSR count). The molecule has 1 aliphatic heterocycles. The lowest BCUT2D eigenvalue weighted by molar-refractivity contribution is 0.744. The molecule has 1 unspecified atom stereocenters. The second-order valence-corrected chi connectivity index (χ2v) is 10.6. The van der Waals surface area contributed by atoms with Crippen LogP contribution in [-0.2, 0) is 0 Å². The van der Waals surface area contributed by atoms with Crippen molar-refractivity contribution in [2.45, 2.75) is 31.6 Å². The fourth-order valence-electron chi connectivity index (χ4n) is 3.11. The molecule has 1 atom stereocenters. The van der Waals surface area contributed by atoms with E-state index in [1.54, 1.807) is 0 Å². The van der Waals surface area contributed by atoms with E-state index in [4.69, 9.17) is 4.99 Å². The van der Waals surface area contributed by atoms with Crippen molar-refractivity contribution < 1.29 is 0 Å². The molecule has 0 radical (unpaired) electrons. The SMILES string of the molecule is CCCN(CCC)c1ccc2c(c1)=S(I)c1cc(N(C)C)ccc1N=2. The number of hydrogen-bond acceptors (Lipinski definition) is 3. The van der Waals surface area contributed by atoms with Crippen LogP contribution in [0.5, 0.6) is 0 Å². The average molecular weight is 467 g/mol. The minimum absolute atomic E-state index is 0.0213. The van der Waals surface area contributed by atoms with E-state index < -0.39 is 0 Å². The Hall–Kier alpha value is -1.08. The summed E-state index contributed by atoms with van der Waals surface area (Å²) in [7, 11) is 4.20. The molecule has 134 valence electrons. The van der Waals surface area contributed by atoms with Gasteiger partial charge in [-0.15, -0.1) is 0 Å². The zero-order chi connectivity index (χ0) is 18.0. The van der Waals surface area contributed by atoms with Crippen molar-refractivity contribution in [1.82, 2.24) is 0 Å². The summed E-state index contributed by atoms with van der Waals surface area (Å²) in [5, 5.41) is 1.12. The molecule has 0 N–H and O–H groups in total. The Labute approximate surface area is 165 Å². The highest BCUT2D eigenvalue weighted by Crippen LogP contribution is 2.46. The van der Waals surface area contributed by atoms with Gasteiger partial charge >= 0.3 is 0 Å². The molecule has 3 nitrogen and oxygen atoms in total. The van der Waals surface area contributed by atoms with Gasteiger partial charge in [0.25, 0.3) is 0 Å². The number of halogens is 1. The molecule has 1 aliphatic rings. The predicted molar refractivity (Wildman–Crippen MR) is 120 cm³/mol. The molecule has 0 aromatic heterocycles. The molecule has 2 aromatic rings. The van der Waals surface area contributed by atoms with Crippen molar-refractivity contribution in [3.63, 3.8) is 0 Å². The largest absolute Gasteiger partial charge is 0.378 e. The van der Waals surface area contributed by atoms with Crippen molar-refractivity contribution in [3.05, 3.63) is 46.3 Å². The minimum Gasteiger partial charge on any atom is -0.378 e. The Kier molecular flexibility index (Phi) is 6.04. The molecule has 0 amide bonds. The first-order valence-electron chi connectivity index (χ1n) is 8.87. The third-order valence-corrected chi connectivity index (χ3v) is 8.66. The van der Waals surface area contributed by atoms with Gasteiger partial charge in [-0.05, 0) is 70.4 Å². The fraction of sp³-hybridized carbons (Fsp3) is 0.400. The van der Waals surface area contributed by atoms with E-state index in [0.717, 1.165) is 24.1 Å². The monoisotopic (exact) mass is 467 g/mol. The third-order valence-electron chi connectivity index (χ3n) is 4.38. The maximum atomic E-state index is 4.92. The van der Waals surface area contributed by atoms with Gasteiger partial charge in [0, 0.05) is 48.0 Å². The highest BCUT2D eigenvalue weighted by molar-refractivity contribution is 14.2. The van der Waals surface area contributed by atoms with E-state index >= 15 is 0 Å². The Morgan fingerprint density at radius 2 is 1.64 bits per heavy atom. The summed E-state index contributed by atoms with van der Waals surface area (Å²) in [4.78, 5) is 10.9. The summed E-state index contributed by atoms with van der Waals surface area (Å²) in [6.07, 6.45) is 2.35. The zero-order valence-corrected chi connectivity index (χ0v) is 18.4. The van der Waals surface area contributed by atoms with Gasteiger partial charge < -0.3 is 9.80 Å². The van der Waals surface area contributed by atoms with E-state index in [2.05, 4.69) is 95.3 Å². The maximum Gasteiger partial charge on any atom is 0.0777 e. The first-order valence-corrected chi connectivity index (χ1v) is 12.6. The van der Waals surface area contributed by atoms with Crippen LogP contribution in [0.4, 0.5) is 17.1 Å². The van der Waals surface area contributed by atoms with E-state index in [-0.39, 0.29) is 7.66 Å². The number of nitrogens with zero attached hydrogens (tertiary/aromatic N) is 3. The van der Waals surface area contributed by atoms with Gasteiger partial charge in [-0.2, -0.15) is 0 Å². The summed E-state index contributed by atoms with van der Waals surface area (Å²) in [6.45, 7) is 6.72. The molecular formula is C20H26IN3S. The molecule has 2 aromatic carbocycles. The standard InChI is InChI=1S/C20H26IN3S/c1-5-11-24(12-6-2)16-8-10-18-20(14-16)25(21)19-13-15(23(3)4)7-9-17(19)22-18/h7-10,13-14H,5-6,11-12H2,1-4H3. The van der Waals surface area contributed by atoms with Crippen molar-refractivity contribution >= 4 is 45.9 Å². The first kappa shape index (κ1) is 18.7. The highest BCUT2D eigenvalue weighted by atomic mass is 127. The molecule has 0 aliphatic carbocycles. The quantitative estimate of drug-likeness (QED) is 0.409. The van der Waals surface area contributed by atoms with E-state index in [1.165, 1.54) is 33.6 Å². The normalized spacial score (nSPS) is 15.2. The van der Waals surface area contributed by atoms with Crippen LogP contribution >= 0.6 is 28.9 Å². The van der Waals surface area contributed by atoms with E-state index in [1.807, 2.05) is 0 Å². The van der Waals surface area contributed by atoms with Crippen molar-refractivity contribution in [2.75, 3.05) is 37.0 Å². The Bertz CT molecular complexity index is 886. The molecule has 0 fully saturated rings. The van der Waals surface area contributed by atoms with Gasteiger partial charge in [-0.25, -0.2) is 4.99 Å². The summed E-state index contributed by atoms with van der Waals surface area (Å²) >= 11 is 2.59. The molecule has 0 saturated carbocycles. The molecule has 0 bridgehead atoms. The van der Waals surface area contributed by atoms with Gasteiger partial charge in [0.15, 0.2) is 0 Å². The van der Waals surface area contributed by atoms with Crippen LogP contribution < -0.4 is 15.2 Å². The summed E-state index contributed by atoms with van der Waals surface area (Å²) in [6, 6.07) is 13.4. The minimum atomic E-state index is 0.0213. The number of rotatable bonds is 6. The number of fused-ring (bicyclic) bond motifs is 2. The number of hydrogen-bond donors (Lipinski definition) is 0. The second kappa shape index (κ2) is 8.08. The molecule has 0 saturated heterocycles. The van der Waals surface area contributed by atoms with E-state index in [9.17, 15) is 0 Å². The fourth-order valence-corrected chi connectivity index (χ4v) is 6.51. The van der Waals surface area contributed by atoms with Crippen LogP contribution in [0.25, 0.3) is 0 Å². The van der Waals surface area contributed by atoms with Crippen LogP contribution in [0.1, 0.15) is 26.7 Å². The van der Waals surface area contributed by atoms with Crippen molar-refractivity contribution in [1.29, 1.82) is 0 Å². The maximum absolute atomic E-state index is 4.92. The molecule has 25 heavy (non-hydrogen) atoms. The van der Waals surface area contributed by atoms with Gasteiger partial charge in [0.05, 0.1) is 11.0 Å². The van der Waals surface area contributed by atoms with Crippen LogP contribution in [0, 0.1) is 4.51 Å². The van der Waals surface area contributed by atoms with Gasteiger partial charge in [0.1, 0.15) is 0 Å². The lowest BCUT2D eigenvalue weighted by atomic mass is 10.2. The summed E-state index contributed by atoms with van der Waals surface area (Å²) in [5.41, 5.74) is 3.68. The van der Waals surface area contributed by atoms with Gasteiger partial charge in [-0.1, -0.05) is 21.5 Å². The Morgan fingerprint density at radius 1 is 0.960 bits per heavy atom. The zero-order valence-electron chi connectivity index (χ0n) is 15.4. The smallest absolute Gasteiger partial charge is 0.0777 e. The third kappa shape index (κ3) is 3.87. The van der Waals surface area contributed by atoms with Crippen LogP contribution in [0.15, 0.2) is 46.3 Å². The van der Waals surface area contributed by atoms with Crippen LogP contribution in [0.3, 0.4) is 0 Å². The number of benzene rings is 2. The second-order valence-electron chi connectivity index (χ2n) is 6.55. The molecule has 5 heteroatoms. The van der Waals surface area contributed by atoms with Gasteiger partial charge in [0.2, 0.25) is 0 Å². The topological polar surface area (TPSA) is 18.8 Å². The average Bonchev–Trinajstić information content (AvgIpc) is 2.61. The van der Waals surface area contributed by atoms with E-state index in [0.29, 0.717) is 0 Å². The lowest BCUT2D eigenvalue weighted by Gasteiger charge is -2.24. The van der Waals surface area contributed by atoms with Gasteiger partial charge in [-0.3, -0.25) is 0 Å². The Morgan fingerprint density at radius 3 is 2.28 bits per heavy atom. The summed E-state index contributed by atoms with van der Waals surface area (Å²) in [5.74, 6) is 0. The Balaban J connectivity index is 2.12. The highest BCUT2D eigenvalue weighted by Gasteiger charge is 2.14. The van der Waals surface area contributed by atoms with Crippen molar-refractivity contribution in [3.8, 4) is 0 Å². The van der Waals surface area contributed by atoms with Crippen molar-refractivity contribution in [2.24, 2.45) is 4.99 Å². The molecular weight excluding hydrogens is 441 g/mol. The molecule has 0 spiro atoms. The van der Waals surface area contributed by atoms with Crippen LogP contribution in [0.2, 0.25) is 0 Å². The first-order chi connectivity index (χ1) is 12.0. The lowest BCUT2D eigenvalue weighted by Crippen LogP contribution is -2.25. The molecule has 1 heterocycles. The van der Waals surface area contributed by atoms with Crippen LogP contribution in [-0.4, -0.2) is 27.2 Å².